The number of hydrogen-bond donors (Lipinski definition) is 2. The number of fused-ring (bicyclic) bond motifs is 1. The molecule has 0 spiro atoms. The summed E-state index contributed by atoms with van der Waals surface area (Å²) in [5.41, 5.74) is 2.98. The molecule has 27 heavy (non-hydrogen) atoms. The van der Waals surface area contributed by atoms with Gasteiger partial charge in [-0.2, -0.15) is 0 Å². The van der Waals surface area contributed by atoms with Crippen LogP contribution in [0.1, 0.15) is 36.0 Å². The van der Waals surface area contributed by atoms with Gasteiger partial charge in [0.1, 0.15) is 6.10 Å². The molecular formula is C21H22BrNO4. The van der Waals surface area contributed by atoms with Crippen molar-refractivity contribution in [1.29, 1.82) is 0 Å². The fraction of sp³-hybridized carbons (Fsp3) is 0.333. The average Bonchev–Trinajstić information content (AvgIpc) is 3.10. The number of rotatable bonds is 6. The number of carbonyl (C=O) groups excluding carboxylic acids is 2. The Morgan fingerprint density at radius 1 is 1.04 bits per heavy atom. The fourth-order valence-corrected chi connectivity index (χ4v) is 3.62. The van der Waals surface area contributed by atoms with Crippen LogP contribution in [0, 0.1) is 0 Å². The Labute approximate surface area is 166 Å². The molecule has 2 aromatic carbocycles. The highest BCUT2D eigenvalue weighted by Gasteiger charge is 2.35. The first-order valence-electron chi connectivity index (χ1n) is 8.88. The zero-order chi connectivity index (χ0) is 19.6. The summed E-state index contributed by atoms with van der Waals surface area (Å²) in [6.07, 6.45) is -2.84. The highest BCUT2D eigenvalue weighted by molar-refractivity contribution is 9.10. The molecule has 1 aliphatic rings. The van der Waals surface area contributed by atoms with Crippen molar-refractivity contribution < 1.29 is 19.8 Å². The van der Waals surface area contributed by atoms with Crippen molar-refractivity contribution in [3.05, 3.63) is 69.7 Å². The molecule has 0 saturated carbocycles. The number of halogens is 1. The van der Waals surface area contributed by atoms with E-state index in [2.05, 4.69) is 15.9 Å². The normalized spacial score (nSPS) is 16.5. The summed E-state index contributed by atoms with van der Waals surface area (Å²) in [5, 5.41) is 20.5. The van der Waals surface area contributed by atoms with Crippen molar-refractivity contribution in [3.8, 4) is 0 Å². The zero-order valence-electron chi connectivity index (χ0n) is 15.0. The van der Waals surface area contributed by atoms with E-state index < -0.39 is 23.9 Å². The van der Waals surface area contributed by atoms with E-state index in [-0.39, 0.29) is 12.3 Å². The second-order valence-electron chi connectivity index (χ2n) is 6.99. The van der Waals surface area contributed by atoms with Gasteiger partial charge in [0, 0.05) is 17.6 Å². The number of ketones is 1. The van der Waals surface area contributed by atoms with Crippen molar-refractivity contribution in [2.24, 2.45) is 0 Å². The van der Waals surface area contributed by atoms with Gasteiger partial charge in [0.2, 0.25) is 0 Å². The number of Topliss-reactive ketones (excluding diaryl/α,β-unsaturated/α-hetero) is 1. The Morgan fingerprint density at radius 3 is 2.15 bits per heavy atom. The van der Waals surface area contributed by atoms with Crippen LogP contribution in [-0.4, -0.2) is 39.0 Å². The minimum absolute atomic E-state index is 0.0679. The first-order valence-corrected chi connectivity index (χ1v) is 9.67. The maximum absolute atomic E-state index is 12.5. The molecular weight excluding hydrogens is 410 g/mol. The van der Waals surface area contributed by atoms with Gasteiger partial charge in [-0.25, -0.2) is 0 Å². The van der Waals surface area contributed by atoms with Gasteiger partial charge in [-0.05, 0) is 41.2 Å². The van der Waals surface area contributed by atoms with Crippen molar-refractivity contribution in [2.45, 2.75) is 44.6 Å². The van der Waals surface area contributed by atoms with Gasteiger partial charge in [-0.3, -0.25) is 9.59 Å². The molecule has 6 heteroatoms. The lowest BCUT2D eigenvalue weighted by atomic mass is 9.92. The number of benzene rings is 2. The van der Waals surface area contributed by atoms with Crippen LogP contribution in [0.5, 0.6) is 0 Å². The standard InChI is InChI=1S/C21H22BrNO4/c1-13(14-6-8-17(22)9-7-14)10-18(24)19(25)20(26)21(27)23-11-15-4-2-3-5-16(15)12-23/h2-9,13,18-19,24-25H,10-12H2,1H3/t13-,18?,19+/m1/s1. The summed E-state index contributed by atoms with van der Waals surface area (Å²) in [4.78, 5) is 26.2. The SMILES string of the molecule is C[C@H](CC(O)[C@H](O)C(=O)C(=O)N1Cc2ccccc2C1)c1ccc(Br)cc1. The third-order valence-electron chi connectivity index (χ3n) is 5.01. The van der Waals surface area contributed by atoms with Crippen LogP contribution < -0.4 is 0 Å². The number of amides is 1. The molecule has 3 rings (SSSR count). The monoisotopic (exact) mass is 431 g/mol. The highest BCUT2D eigenvalue weighted by Crippen LogP contribution is 2.25. The van der Waals surface area contributed by atoms with Crippen LogP contribution in [0.15, 0.2) is 53.0 Å². The molecule has 0 radical (unpaired) electrons. The molecule has 0 saturated heterocycles. The van der Waals surface area contributed by atoms with Crippen LogP contribution in [0.2, 0.25) is 0 Å². The summed E-state index contributed by atoms with van der Waals surface area (Å²) in [6, 6.07) is 15.2. The second kappa shape index (κ2) is 8.33. The van der Waals surface area contributed by atoms with Gasteiger partial charge in [0.15, 0.2) is 0 Å². The summed E-state index contributed by atoms with van der Waals surface area (Å²) in [6.45, 7) is 2.60. The molecule has 0 aromatic heterocycles. The average molecular weight is 432 g/mol. The van der Waals surface area contributed by atoms with E-state index in [9.17, 15) is 19.8 Å². The van der Waals surface area contributed by atoms with Crippen molar-refractivity contribution in [3.63, 3.8) is 0 Å². The maximum Gasteiger partial charge on any atom is 0.293 e. The van der Waals surface area contributed by atoms with Crippen LogP contribution >= 0.6 is 15.9 Å². The molecule has 3 atom stereocenters. The molecule has 5 nitrogen and oxygen atoms in total. The molecule has 0 aliphatic carbocycles. The molecule has 2 aromatic rings. The van der Waals surface area contributed by atoms with Gasteiger partial charge < -0.3 is 15.1 Å². The second-order valence-corrected chi connectivity index (χ2v) is 7.91. The highest BCUT2D eigenvalue weighted by atomic mass is 79.9. The Bertz CT molecular complexity index is 811. The van der Waals surface area contributed by atoms with E-state index in [0.29, 0.717) is 13.1 Å². The third-order valence-corrected chi connectivity index (χ3v) is 5.53. The summed E-state index contributed by atoms with van der Waals surface area (Å²) >= 11 is 3.37. The van der Waals surface area contributed by atoms with Gasteiger partial charge in [0.25, 0.3) is 11.7 Å². The first kappa shape index (κ1) is 19.7. The third kappa shape index (κ3) is 4.46. The lowest BCUT2D eigenvalue weighted by Gasteiger charge is -2.22. The lowest BCUT2D eigenvalue weighted by Crippen LogP contribution is -2.44. The van der Waals surface area contributed by atoms with E-state index in [0.717, 1.165) is 21.2 Å². The Morgan fingerprint density at radius 2 is 1.59 bits per heavy atom. The smallest absolute Gasteiger partial charge is 0.293 e. The first-order chi connectivity index (χ1) is 12.9. The molecule has 0 bridgehead atoms. The topological polar surface area (TPSA) is 77.8 Å². The van der Waals surface area contributed by atoms with Crippen LogP contribution in [0.3, 0.4) is 0 Å². The Kier molecular flexibility index (Phi) is 6.09. The minimum Gasteiger partial charge on any atom is -0.390 e. The number of aliphatic hydroxyl groups excluding tert-OH is 2. The van der Waals surface area contributed by atoms with Crippen LogP contribution in [-0.2, 0) is 22.7 Å². The van der Waals surface area contributed by atoms with Gasteiger partial charge in [-0.1, -0.05) is 59.3 Å². The molecule has 2 N–H and O–H groups in total. The maximum atomic E-state index is 12.5. The van der Waals surface area contributed by atoms with E-state index in [4.69, 9.17) is 0 Å². The number of hydrogen-bond acceptors (Lipinski definition) is 4. The number of nitrogens with zero attached hydrogens (tertiary/aromatic N) is 1. The van der Waals surface area contributed by atoms with E-state index in [1.807, 2.05) is 55.5 Å². The molecule has 0 fully saturated rings. The predicted octanol–water partition coefficient (Wildman–Crippen LogP) is 2.78. The largest absolute Gasteiger partial charge is 0.390 e. The van der Waals surface area contributed by atoms with Crippen LogP contribution in [0.25, 0.3) is 0 Å². The number of carbonyl (C=O) groups is 2. The van der Waals surface area contributed by atoms with E-state index >= 15 is 0 Å². The van der Waals surface area contributed by atoms with Crippen molar-refractivity contribution >= 4 is 27.6 Å². The predicted molar refractivity (Wildman–Crippen MR) is 105 cm³/mol. The Balaban J connectivity index is 1.59. The molecule has 142 valence electrons. The van der Waals surface area contributed by atoms with Crippen molar-refractivity contribution in [2.75, 3.05) is 0 Å². The summed E-state index contributed by atoms with van der Waals surface area (Å²) < 4.78 is 0.950. The van der Waals surface area contributed by atoms with Gasteiger partial charge in [-0.15, -0.1) is 0 Å². The van der Waals surface area contributed by atoms with Crippen molar-refractivity contribution in [1.82, 2.24) is 4.90 Å². The lowest BCUT2D eigenvalue weighted by molar-refractivity contribution is -0.152. The van der Waals surface area contributed by atoms with Crippen LogP contribution in [0.4, 0.5) is 0 Å². The minimum atomic E-state index is -1.72. The van der Waals surface area contributed by atoms with E-state index in [1.54, 1.807) is 0 Å². The summed E-state index contributed by atoms with van der Waals surface area (Å²) in [5.74, 6) is -1.78. The molecule has 1 unspecified atom stereocenters. The van der Waals surface area contributed by atoms with Gasteiger partial charge in [0.05, 0.1) is 6.10 Å². The summed E-state index contributed by atoms with van der Waals surface area (Å²) in [7, 11) is 0. The Hall–Kier alpha value is -2.02. The van der Waals surface area contributed by atoms with E-state index in [1.165, 1.54) is 4.90 Å². The quantitative estimate of drug-likeness (QED) is 0.689. The molecule has 1 aliphatic heterocycles. The van der Waals surface area contributed by atoms with Gasteiger partial charge >= 0.3 is 0 Å². The molecule has 1 amide bonds. The fourth-order valence-electron chi connectivity index (χ4n) is 3.35. The number of aliphatic hydroxyl groups is 2. The molecule has 1 heterocycles. The zero-order valence-corrected chi connectivity index (χ0v) is 16.6.